The summed E-state index contributed by atoms with van der Waals surface area (Å²) in [6, 6.07) is 11.8. The van der Waals surface area contributed by atoms with Crippen molar-refractivity contribution in [2.45, 2.75) is 25.2 Å². The van der Waals surface area contributed by atoms with Crippen LogP contribution in [0.3, 0.4) is 0 Å². The third kappa shape index (κ3) is 7.23. The first-order valence-corrected chi connectivity index (χ1v) is 9.98. The second-order valence-electron chi connectivity index (χ2n) is 6.45. The van der Waals surface area contributed by atoms with Crippen LogP contribution in [0.25, 0.3) is 0 Å². The maximum absolute atomic E-state index is 13.5. The lowest BCUT2D eigenvalue weighted by Crippen LogP contribution is -2.19. The van der Waals surface area contributed by atoms with E-state index in [1.165, 1.54) is 12.3 Å². The minimum Gasteiger partial charge on any atom is -0.493 e. The summed E-state index contributed by atoms with van der Waals surface area (Å²) in [6.45, 7) is 4.91. The molecule has 0 spiro atoms. The van der Waals surface area contributed by atoms with Crippen molar-refractivity contribution in [2.75, 3.05) is 19.5 Å². The number of methoxy groups -OCH3 is 1. The Morgan fingerprint density at radius 1 is 1.25 bits per heavy atom. The smallest absolute Gasteiger partial charge is 0.250 e. The minimum absolute atomic E-state index is 0.0736. The zero-order valence-electron chi connectivity index (χ0n) is 16.3. The summed E-state index contributed by atoms with van der Waals surface area (Å²) < 4.78 is 24.6. The van der Waals surface area contributed by atoms with E-state index in [1.807, 2.05) is 12.1 Å². The summed E-state index contributed by atoms with van der Waals surface area (Å²) in [4.78, 5) is 12.3. The van der Waals surface area contributed by atoms with E-state index in [2.05, 4.69) is 24.4 Å². The van der Waals surface area contributed by atoms with E-state index in [0.717, 1.165) is 23.7 Å². The second kappa shape index (κ2) is 11.3. The Balaban J connectivity index is 1.85. The molecule has 0 saturated heterocycles. The van der Waals surface area contributed by atoms with Gasteiger partial charge < -0.3 is 9.47 Å². The summed E-state index contributed by atoms with van der Waals surface area (Å²) in [5, 5.41) is 3.94. The van der Waals surface area contributed by atoms with Crippen molar-refractivity contribution in [3.63, 3.8) is 0 Å². The molecule has 2 aromatic rings. The number of thioether (sulfide) groups is 1. The fourth-order valence-corrected chi connectivity index (χ4v) is 2.94. The summed E-state index contributed by atoms with van der Waals surface area (Å²) >= 11 is 1.12. The molecule has 0 aromatic heterocycles. The molecule has 0 aliphatic carbocycles. The van der Waals surface area contributed by atoms with Crippen molar-refractivity contribution in [1.29, 1.82) is 0 Å². The number of carbonyl (C=O) groups excluding carboxylic acids is 1. The van der Waals surface area contributed by atoms with Crippen LogP contribution in [0.1, 0.15) is 25.8 Å². The standard InChI is InChI=1S/C21H25FN2O3S/c1-15(2)10-11-27-18-9-8-16(12-19(18)26-3)13-23-24-21(25)14-28-20-7-5-4-6-17(20)22/h4-9,12-13,15H,10-11,14H2,1-3H3,(H,24,25). The lowest BCUT2D eigenvalue weighted by atomic mass is 10.1. The van der Waals surface area contributed by atoms with Gasteiger partial charge in [0, 0.05) is 4.90 Å². The number of benzene rings is 2. The van der Waals surface area contributed by atoms with Gasteiger partial charge in [0.25, 0.3) is 0 Å². The zero-order chi connectivity index (χ0) is 20.4. The van der Waals surface area contributed by atoms with Crippen LogP contribution in [0, 0.1) is 11.7 Å². The number of halogens is 1. The maximum atomic E-state index is 13.5. The molecule has 0 bridgehead atoms. The fourth-order valence-electron chi connectivity index (χ4n) is 2.20. The van der Waals surface area contributed by atoms with Gasteiger partial charge in [-0.2, -0.15) is 5.10 Å². The zero-order valence-corrected chi connectivity index (χ0v) is 17.1. The van der Waals surface area contributed by atoms with Crippen LogP contribution >= 0.6 is 11.8 Å². The van der Waals surface area contributed by atoms with Crippen LogP contribution in [0.15, 0.2) is 52.5 Å². The topological polar surface area (TPSA) is 59.9 Å². The molecule has 2 aromatic carbocycles. The molecule has 0 heterocycles. The number of hydrogen-bond donors (Lipinski definition) is 1. The summed E-state index contributed by atoms with van der Waals surface area (Å²) in [7, 11) is 1.58. The van der Waals surface area contributed by atoms with Gasteiger partial charge in [-0.1, -0.05) is 26.0 Å². The molecule has 1 N–H and O–H groups in total. The van der Waals surface area contributed by atoms with Crippen LogP contribution in [-0.4, -0.2) is 31.6 Å². The van der Waals surface area contributed by atoms with Gasteiger partial charge in [0.1, 0.15) is 5.82 Å². The lowest BCUT2D eigenvalue weighted by Gasteiger charge is -2.12. The number of hydrazone groups is 1. The van der Waals surface area contributed by atoms with E-state index < -0.39 is 0 Å². The van der Waals surface area contributed by atoms with Gasteiger partial charge in [0.2, 0.25) is 5.91 Å². The average molecular weight is 405 g/mol. The molecule has 0 aliphatic heterocycles. The first kappa shape index (κ1) is 21.8. The molecule has 0 radical (unpaired) electrons. The normalized spacial score (nSPS) is 11.0. The molecule has 0 fully saturated rings. The molecule has 0 atom stereocenters. The Morgan fingerprint density at radius 2 is 2.04 bits per heavy atom. The first-order chi connectivity index (χ1) is 13.5. The number of rotatable bonds is 10. The van der Waals surface area contributed by atoms with Crippen molar-refractivity contribution in [1.82, 2.24) is 5.43 Å². The Labute approximate surface area is 169 Å². The number of nitrogens with zero attached hydrogens (tertiary/aromatic N) is 1. The highest BCUT2D eigenvalue weighted by molar-refractivity contribution is 8.00. The summed E-state index contributed by atoms with van der Waals surface area (Å²) in [5.74, 6) is 1.26. The van der Waals surface area contributed by atoms with Crippen LogP contribution in [-0.2, 0) is 4.79 Å². The van der Waals surface area contributed by atoms with Crippen LogP contribution in [0.2, 0.25) is 0 Å². The van der Waals surface area contributed by atoms with Gasteiger partial charge in [-0.25, -0.2) is 9.82 Å². The average Bonchev–Trinajstić information content (AvgIpc) is 2.68. The third-order valence-electron chi connectivity index (χ3n) is 3.74. The van der Waals surface area contributed by atoms with Gasteiger partial charge >= 0.3 is 0 Å². The van der Waals surface area contributed by atoms with Crippen molar-refractivity contribution in [2.24, 2.45) is 11.0 Å². The quantitative estimate of drug-likeness (QED) is 0.360. The molecule has 5 nitrogen and oxygen atoms in total. The van der Waals surface area contributed by atoms with E-state index in [-0.39, 0.29) is 17.5 Å². The van der Waals surface area contributed by atoms with E-state index >= 15 is 0 Å². The Bertz CT molecular complexity index is 812. The van der Waals surface area contributed by atoms with Crippen LogP contribution in [0.4, 0.5) is 4.39 Å². The molecule has 0 unspecified atom stereocenters. The number of amides is 1. The highest BCUT2D eigenvalue weighted by Crippen LogP contribution is 2.28. The lowest BCUT2D eigenvalue weighted by molar-refractivity contribution is -0.118. The fraction of sp³-hybridized carbons (Fsp3) is 0.333. The monoisotopic (exact) mass is 404 g/mol. The molecule has 7 heteroatoms. The maximum Gasteiger partial charge on any atom is 0.250 e. The van der Waals surface area contributed by atoms with Crippen LogP contribution < -0.4 is 14.9 Å². The van der Waals surface area contributed by atoms with E-state index in [0.29, 0.717) is 28.9 Å². The number of carbonyl (C=O) groups is 1. The molecular weight excluding hydrogens is 379 g/mol. The largest absolute Gasteiger partial charge is 0.493 e. The number of hydrogen-bond acceptors (Lipinski definition) is 5. The SMILES string of the molecule is COc1cc(C=NNC(=O)CSc2ccccc2F)ccc1OCCC(C)C. The molecule has 0 aliphatic rings. The highest BCUT2D eigenvalue weighted by atomic mass is 32.2. The third-order valence-corrected chi connectivity index (χ3v) is 4.79. The predicted molar refractivity (Wildman–Crippen MR) is 111 cm³/mol. The summed E-state index contributed by atoms with van der Waals surface area (Å²) in [5.41, 5.74) is 3.19. The van der Waals surface area contributed by atoms with Crippen LogP contribution in [0.5, 0.6) is 11.5 Å². The minimum atomic E-state index is -0.341. The van der Waals surface area contributed by atoms with Gasteiger partial charge in [0.15, 0.2) is 11.5 Å². The van der Waals surface area contributed by atoms with Gasteiger partial charge in [-0.3, -0.25) is 4.79 Å². The van der Waals surface area contributed by atoms with E-state index in [1.54, 1.807) is 31.4 Å². The molecule has 28 heavy (non-hydrogen) atoms. The Kier molecular flexibility index (Phi) is 8.81. The van der Waals surface area contributed by atoms with Gasteiger partial charge in [0.05, 0.1) is 25.7 Å². The molecule has 1 amide bonds. The Morgan fingerprint density at radius 3 is 2.75 bits per heavy atom. The molecule has 0 saturated carbocycles. The number of nitrogens with one attached hydrogen (secondary N) is 1. The van der Waals surface area contributed by atoms with E-state index in [9.17, 15) is 9.18 Å². The van der Waals surface area contributed by atoms with Crippen molar-refractivity contribution in [3.8, 4) is 11.5 Å². The first-order valence-electron chi connectivity index (χ1n) is 8.99. The van der Waals surface area contributed by atoms with Crippen molar-refractivity contribution < 1.29 is 18.7 Å². The molecular formula is C21H25FN2O3S. The van der Waals surface area contributed by atoms with E-state index in [4.69, 9.17) is 9.47 Å². The van der Waals surface area contributed by atoms with Gasteiger partial charge in [-0.15, -0.1) is 11.8 Å². The van der Waals surface area contributed by atoms with Crippen molar-refractivity contribution >= 4 is 23.9 Å². The Hall–Kier alpha value is -2.54. The highest BCUT2D eigenvalue weighted by Gasteiger charge is 2.07. The van der Waals surface area contributed by atoms with Crippen molar-refractivity contribution in [3.05, 3.63) is 53.8 Å². The summed E-state index contributed by atoms with van der Waals surface area (Å²) in [6.07, 6.45) is 2.48. The second-order valence-corrected chi connectivity index (χ2v) is 7.47. The molecule has 2 rings (SSSR count). The van der Waals surface area contributed by atoms with Gasteiger partial charge in [-0.05, 0) is 48.2 Å². The predicted octanol–water partition coefficient (Wildman–Crippen LogP) is 4.50. The molecule has 150 valence electrons. The number of ether oxygens (including phenoxy) is 2.